The summed E-state index contributed by atoms with van der Waals surface area (Å²) in [5.74, 6) is -0.692. The number of hydrogen-bond acceptors (Lipinski definition) is 4. The Morgan fingerprint density at radius 2 is 1.54 bits per heavy atom. The number of unbranched alkanes of at least 4 members (excludes halogenated alkanes) is 11. The maximum atomic E-state index is 8.86. The molecule has 0 amide bonds. The first-order chi connectivity index (χ1) is 13.6. The molecule has 6 heteroatoms. The van der Waals surface area contributed by atoms with Gasteiger partial charge in [0.25, 0.3) is 0 Å². The van der Waals surface area contributed by atoms with Crippen LogP contribution in [0.3, 0.4) is 0 Å². The molecule has 28 heavy (non-hydrogen) atoms. The highest BCUT2D eigenvalue weighted by Crippen LogP contribution is 2.39. The molecule has 6 nitrogen and oxygen atoms in total. The first kappa shape index (κ1) is 23.2. The largest absolute Gasteiger partial charge is 0.342 e. The quantitative estimate of drug-likeness (QED) is 0.107. The van der Waals surface area contributed by atoms with Gasteiger partial charge in [-0.3, -0.25) is 0 Å². The predicted octanol–water partition coefficient (Wildman–Crippen LogP) is 6.80. The molecule has 0 unspecified atom stereocenters. The highest BCUT2D eigenvalue weighted by Gasteiger charge is 2.53. The second-order valence-electron chi connectivity index (χ2n) is 8.52. The lowest BCUT2D eigenvalue weighted by Gasteiger charge is -2.21. The van der Waals surface area contributed by atoms with E-state index in [0.717, 1.165) is 6.42 Å². The summed E-state index contributed by atoms with van der Waals surface area (Å²) in [5, 5.41) is 3.89. The van der Waals surface area contributed by atoms with Crippen LogP contribution in [0.1, 0.15) is 97.8 Å². The smallest absolute Gasteiger partial charge is 0.188 e. The second-order valence-corrected chi connectivity index (χ2v) is 8.52. The molecule has 0 aromatic heterocycles. The highest BCUT2D eigenvalue weighted by molar-refractivity contribution is 5.06. The molecule has 0 spiro atoms. The Bertz CT molecular complexity index is 517. The van der Waals surface area contributed by atoms with Crippen molar-refractivity contribution in [2.45, 2.75) is 128 Å². The highest BCUT2D eigenvalue weighted by atomic mass is 16.8. The van der Waals surface area contributed by atoms with Gasteiger partial charge < -0.3 is 14.2 Å². The van der Waals surface area contributed by atoms with E-state index in [2.05, 4.69) is 23.0 Å². The lowest BCUT2D eigenvalue weighted by atomic mass is 10.0. The minimum atomic E-state index is -0.692. The Morgan fingerprint density at radius 1 is 0.929 bits per heavy atom. The van der Waals surface area contributed by atoms with Crippen molar-refractivity contribution in [1.82, 2.24) is 0 Å². The molecule has 0 saturated carbocycles. The summed E-state index contributed by atoms with van der Waals surface area (Å²) < 4.78 is 17.5. The summed E-state index contributed by atoms with van der Waals surface area (Å²) in [5.41, 5.74) is 8.86. The Balaban J connectivity index is 1.54. The van der Waals surface area contributed by atoms with E-state index in [-0.39, 0.29) is 18.2 Å². The van der Waals surface area contributed by atoms with E-state index in [4.69, 9.17) is 19.7 Å². The first-order valence-corrected chi connectivity index (χ1v) is 11.3. The lowest BCUT2D eigenvalue weighted by Crippen LogP contribution is -2.32. The Labute approximate surface area is 170 Å². The van der Waals surface area contributed by atoms with Crippen LogP contribution >= 0.6 is 0 Å². The Morgan fingerprint density at radius 3 is 2.14 bits per heavy atom. The van der Waals surface area contributed by atoms with Gasteiger partial charge in [0.15, 0.2) is 12.1 Å². The van der Waals surface area contributed by atoms with Crippen LogP contribution < -0.4 is 0 Å². The number of allylic oxidation sites excluding steroid dienone is 1. The van der Waals surface area contributed by atoms with E-state index in [9.17, 15) is 0 Å². The van der Waals surface area contributed by atoms with Gasteiger partial charge in [0.2, 0.25) is 0 Å². The van der Waals surface area contributed by atoms with Crippen molar-refractivity contribution in [1.29, 1.82) is 0 Å². The van der Waals surface area contributed by atoms with Crippen LogP contribution in [0.5, 0.6) is 0 Å². The summed E-state index contributed by atoms with van der Waals surface area (Å²) in [6, 6.07) is -0.370. The molecule has 0 radical (unpaired) electrons. The molecule has 4 atom stereocenters. The lowest BCUT2D eigenvalue weighted by molar-refractivity contribution is -0.201. The van der Waals surface area contributed by atoms with Crippen molar-refractivity contribution in [3.63, 3.8) is 0 Å². The van der Waals surface area contributed by atoms with Gasteiger partial charge >= 0.3 is 0 Å². The molecule has 0 aromatic carbocycles. The molecule has 2 saturated heterocycles. The van der Waals surface area contributed by atoms with Crippen LogP contribution in [0.15, 0.2) is 17.3 Å². The molecular weight excluding hydrogens is 354 g/mol. The standard InChI is InChI=1S/C22H39N3O3/c1-4-5-6-7-8-9-10-11-12-13-14-15-16-17-18-19(24-25-23)20-21(26-18)28-22(2,3)27-20/h16-21H,4-15H2,1-3H3/b17-16+/t18-,19+,20-,21-/m1/s1. The third kappa shape index (κ3) is 7.75. The van der Waals surface area contributed by atoms with Crippen LogP contribution in [-0.4, -0.2) is 30.3 Å². The van der Waals surface area contributed by atoms with Crippen LogP contribution in [0.4, 0.5) is 0 Å². The monoisotopic (exact) mass is 393 g/mol. The number of hydrogen-bond donors (Lipinski definition) is 0. The normalized spacial score (nSPS) is 28.5. The van der Waals surface area contributed by atoms with Gasteiger partial charge in [0.05, 0.1) is 12.1 Å². The fourth-order valence-electron chi connectivity index (χ4n) is 4.02. The maximum Gasteiger partial charge on any atom is 0.188 e. The van der Waals surface area contributed by atoms with Gasteiger partial charge in [0, 0.05) is 4.91 Å². The van der Waals surface area contributed by atoms with Gasteiger partial charge in [-0.15, -0.1) is 0 Å². The zero-order valence-corrected chi connectivity index (χ0v) is 18.0. The summed E-state index contributed by atoms with van der Waals surface area (Å²) in [4.78, 5) is 2.97. The van der Waals surface area contributed by atoms with Crippen molar-refractivity contribution in [3.8, 4) is 0 Å². The van der Waals surface area contributed by atoms with E-state index in [0.29, 0.717) is 0 Å². The van der Waals surface area contributed by atoms with Crippen LogP contribution in [0.25, 0.3) is 10.4 Å². The van der Waals surface area contributed by atoms with Crippen molar-refractivity contribution >= 4 is 0 Å². The van der Waals surface area contributed by atoms with E-state index in [1.165, 1.54) is 70.6 Å². The molecule has 0 aromatic rings. The molecule has 2 aliphatic heterocycles. The molecule has 0 N–H and O–H groups in total. The molecule has 0 aliphatic carbocycles. The number of azide groups is 1. The van der Waals surface area contributed by atoms with E-state index < -0.39 is 12.1 Å². The van der Waals surface area contributed by atoms with Gasteiger partial charge in [-0.2, -0.15) is 0 Å². The number of fused-ring (bicyclic) bond motifs is 1. The Hall–Kier alpha value is -1.07. The average Bonchev–Trinajstić information content (AvgIpc) is 3.11. The Kier molecular flexibility index (Phi) is 10.3. The van der Waals surface area contributed by atoms with E-state index in [1.54, 1.807) is 0 Å². The summed E-state index contributed by atoms with van der Waals surface area (Å²) in [7, 11) is 0. The van der Waals surface area contributed by atoms with Gasteiger partial charge in [-0.05, 0) is 32.2 Å². The fraction of sp³-hybridized carbons (Fsp3) is 0.909. The number of rotatable bonds is 14. The molecular formula is C22H39N3O3. The third-order valence-electron chi connectivity index (χ3n) is 5.54. The van der Waals surface area contributed by atoms with Crippen molar-refractivity contribution in [2.24, 2.45) is 5.11 Å². The third-order valence-corrected chi connectivity index (χ3v) is 5.54. The van der Waals surface area contributed by atoms with Crippen molar-refractivity contribution < 1.29 is 14.2 Å². The SMILES string of the molecule is CCCCCCCCCCCCC/C=C/[C@H]1O[C@@H]2OC(C)(C)O[C@@H]2[C@H]1N=[N+]=[N-]. The van der Waals surface area contributed by atoms with Gasteiger partial charge in [-0.25, -0.2) is 0 Å². The van der Waals surface area contributed by atoms with E-state index >= 15 is 0 Å². The molecule has 2 aliphatic rings. The molecule has 2 heterocycles. The average molecular weight is 394 g/mol. The molecule has 2 rings (SSSR count). The zero-order valence-electron chi connectivity index (χ0n) is 18.0. The van der Waals surface area contributed by atoms with Crippen molar-refractivity contribution in [2.75, 3.05) is 0 Å². The van der Waals surface area contributed by atoms with Gasteiger partial charge in [-0.1, -0.05) is 88.4 Å². The van der Waals surface area contributed by atoms with Gasteiger partial charge in [0.1, 0.15) is 6.10 Å². The van der Waals surface area contributed by atoms with E-state index in [1.807, 2.05) is 19.9 Å². The summed E-state index contributed by atoms with van der Waals surface area (Å²) in [6.07, 6.45) is 19.0. The maximum absolute atomic E-state index is 8.86. The second kappa shape index (κ2) is 12.5. The number of ether oxygens (including phenoxy) is 3. The van der Waals surface area contributed by atoms with Crippen molar-refractivity contribution in [3.05, 3.63) is 22.6 Å². The van der Waals surface area contributed by atoms with Crippen LogP contribution in [0, 0.1) is 0 Å². The summed E-state index contributed by atoms with van der Waals surface area (Å²) >= 11 is 0. The minimum Gasteiger partial charge on any atom is -0.342 e. The molecule has 2 fully saturated rings. The molecule has 0 bridgehead atoms. The fourth-order valence-corrected chi connectivity index (χ4v) is 4.02. The van der Waals surface area contributed by atoms with Crippen LogP contribution in [-0.2, 0) is 14.2 Å². The number of nitrogens with zero attached hydrogens (tertiary/aromatic N) is 3. The first-order valence-electron chi connectivity index (χ1n) is 11.3. The minimum absolute atomic E-state index is 0.269. The zero-order chi connectivity index (χ0) is 20.2. The van der Waals surface area contributed by atoms with Crippen LogP contribution in [0.2, 0.25) is 0 Å². The molecule has 160 valence electrons. The topological polar surface area (TPSA) is 76.5 Å². The predicted molar refractivity (Wildman–Crippen MR) is 112 cm³/mol. The summed E-state index contributed by atoms with van der Waals surface area (Å²) in [6.45, 7) is 5.96.